The average molecular weight is 382 g/mol. The molecule has 0 bridgehead atoms. The van der Waals surface area contributed by atoms with Crippen LogP contribution in [0.2, 0.25) is 0 Å². The molecule has 0 aliphatic heterocycles. The summed E-state index contributed by atoms with van der Waals surface area (Å²) in [4.78, 5) is 11.4. The van der Waals surface area contributed by atoms with Gasteiger partial charge in [-0.3, -0.25) is 0 Å². The van der Waals surface area contributed by atoms with Gasteiger partial charge < -0.3 is 14.2 Å². The molecule has 27 heavy (non-hydrogen) atoms. The Balaban J connectivity index is 2.39. The van der Waals surface area contributed by atoms with Crippen LogP contribution < -0.4 is 9.47 Å². The Morgan fingerprint density at radius 1 is 1.07 bits per heavy atom. The van der Waals surface area contributed by atoms with Crippen molar-refractivity contribution in [3.05, 3.63) is 58.1 Å². The fourth-order valence-corrected chi connectivity index (χ4v) is 2.74. The molecule has 0 heterocycles. The van der Waals surface area contributed by atoms with Crippen molar-refractivity contribution in [1.82, 2.24) is 0 Å². The summed E-state index contributed by atoms with van der Waals surface area (Å²) in [7, 11) is 1.08. The quantitative estimate of drug-likeness (QED) is 0.498. The molecule has 0 amide bonds. The molecule has 0 unspecified atom stereocenters. The minimum Gasteiger partial charge on any atom is -0.488 e. The summed E-state index contributed by atoms with van der Waals surface area (Å²) in [6, 6.07) is 7.09. The third-order valence-corrected chi connectivity index (χ3v) is 4.18. The molecule has 0 atom stereocenters. The van der Waals surface area contributed by atoms with E-state index in [0.29, 0.717) is 5.75 Å². The summed E-state index contributed by atoms with van der Waals surface area (Å²) in [6.07, 6.45) is -4.87. The van der Waals surface area contributed by atoms with Crippen LogP contribution in [0.3, 0.4) is 0 Å². The Labute approximate surface area is 155 Å². The maximum atomic E-state index is 13.4. The molecule has 0 saturated heterocycles. The van der Waals surface area contributed by atoms with Crippen molar-refractivity contribution in [2.24, 2.45) is 0 Å². The molecule has 0 aliphatic carbocycles. The monoisotopic (exact) mass is 382 g/mol. The van der Waals surface area contributed by atoms with Crippen LogP contribution in [0.5, 0.6) is 11.5 Å². The second-order valence-electron chi connectivity index (χ2n) is 6.02. The average Bonchev–Trinajstić information content (AvgIpc) is 2.61. The zero-order valence-corrected chi connectivity index (χ0v) is 15.6. The first kappa shape index (κ1) is 20.6. The summed E-state index contributed by atoms with van der Waals surface area (Å²) in [6.45, 7) is 5.36. The van der Waals surface area contributed by atoms with Crippen molar-refractivity contribution >= 4 is 6.16 Å². The maximum absolute atomic E-state index is 13.4. The summed E-state index contributed by atoms with van der Waals surface area (Å²) < 4.78 is 55.1. The van der Waals surface area contributed by atoms with Gasteiger partial charge in [-0.25, -0.2) is 4.79 Å². The summed E-state index contributed by atoms with van der Waals surface area (Å²) >= 11 is 0. The van der Waals surface area contributed by atoms with Crippen molar-refractivity contribution in [2.75, 3.05) is 7.11 Å². The fourth-order valence-electron chi connectivity index (χ4n) is 2.74. The van der Waals surface area contributed by atoms with Gasteiger partial charge in [0.1, 0.15) is 18.1 Å². The SMILES string of the molecule is CCc1cc(C)c(OCc2c(OC(=O)OC)cccc2C(F)(F)F)cc1C. The number of ether oxygens (including phenoxy) is 3. The van der Waals surface area contributed by atoms with Gasteiger partial charge in [0.15, 0.2) is 0 Å². The van der Waals surface area contributed by atoms with Crippen LogP contribution in [0.1, 0.15) is 34.7 Å². The number of benzene rings is 2. The van der Waals surface area contributed by atoms with E-state index in [-0.39, 0.29) is 11.3 Å². The zero-order chi connectivity index (χ0) is 20.2. The minimum atomic E-state index is -4.62. The number of halogens is 3. The van der Waals surface area contributed by atoms with E-state index in [1.54, 1.807) is 6.07 Å². The summed E-state index contributed by atoms with van der Waals surface area (Å²) in [5.74, 6) is 0.224. The van der Waals surface area contributed by atoms with Crippen LogP contribution in [-0.4, -0.2) is 13.3 Å². The lowest BCUT2D eigenvalue weighted by molar-refractivity contribution is -0.138. The highest BCUT2D eigenvalue weighted by atomic mass is 19.4. The third kappa shape index (κ3) is 4.93. The van der Waals surface area contributed by atoms with Gasteiger partial charge in [0.25, 0.3) is 0 Å². The Morgan fingerprint density at radius 2 is 1.78 bits per heavy atom. The number of methoxy groups -OCH3 is 1. The minimum absolute atomic E-state index is 0.253. The highest BCUT2D eigenvalue weighted by Crippen LogP contribution is 2.37. The molecule has 0 radical (unpaired) electrons. The number of carbonyl (C=O) groups excluding carboxylic acids is 1. The Kier molecular flexibility index (Phi) is 6.36. The predicted octanol–water partition coefficient (Wildman–Crippen LogP) is 5.61. The zero-order valence-electron chi connectivity index (χ0n) is 15.6. The molecular formula is C20H21F3O4. The Hall–Kier alpha value is -2.70. The lowest BCUT2D eigenvalue weighted by atomic mass is 10.0. The van der Waals surface area contributed by atoms with E-state index in [4.69, 9.17) is 9.47 Å². The first-order valence-electron chi connectivity index (χ1n) is 8.35. The number of aryl methyl sites for hydroxylation is 3. The second kappa shape index (κ2) is 8.33. The van der Waals surface area contributed by atoms with Gasteiger partial charge in [-0.2, -0.15) is 13.2 Å². The van der Waals surface area contributed by atoms with Gasteiger partial charge in [-0.05, 0) is 55.2 Å². The van der Waals surface area contributed by atoms with Crippen molar-refractivity contribution < 1.29 is 32.2 Å². The van der Waals surface area contributed by atoms with E-state index in [1.165, 1.54) is 6.07 Å². The van der Waals surface area contributed by atoms with Crippen molar-refractivity contribution in [3.63, 3.8) is 0 Å². The second-order valence-corrected chi connectivity index (χ2v) is 6.02. The van der Waals surface area contributed by atoms with Crippen LogP contribution in [-0.2, 0) is 23.9 Å². The van der Waals surface area contributed by atoms with Crippen LogP contribution in [0, 0.1) is 13.8 Å². The number of alkyl halides is 3. The Bertz CT molecular complexity index is 829. The van der Waals surface area contributed by atoms with Gasteiger partial charge in [-0.15, -0.1) is 0 Å². The summed E-state index contributed by atoms with van der Waals surface area (Å²) in [5.41, 5.74) is 1.76. The summed E-state index contributed by atoms with van der Waals surface area (Å²) in [5, 5.41) is 0. The van der Waals surface area contributed by atoms with E-state index in [0.717, 1.165) is 42.4 Å². The number of hydrogen-bond acceptors (Lipinski definition) is 4. The van der Waals surface area contributed by atoms with Gasteiger partial charge in [-0.1, -0.05) is 19.1 Å². The molecule has 0 N–H and O–H groups in total. The molecule has 7 heteroatoms. The molecule has 4 nitrogen and oxygen atoms in total. The molecule has 0 spiro atoms. The van der Waals surface area contributed by atoms with Crippen LogP contribution in [0.15, 0.2) is 30.3 Å². The predicted molar refractivity (Wildman–Crippen MR) is 94.1 cm³/mol. The Morgan fingerprint density at radius 3 is 2.37 bits per heavy atom. The van der Waals surface area contributed by atoms with E-state index < -0.39 is 24.5 Å². The van der Waals surface area contributed by atoms with Gasteiger partial charge in [0, 0.05) is 5.56 Å². The first-order chi connectivity index (χ1) is 12.7. The standard InChI is InChI=1S/C20H21F3O4/c1-5-14-9-13(3)18(10-12(14)2)26-11-15-16(20(21,22)23)7-6-8-17(15)27-19(24)25-4/h6-10H,5,11H2,1-4H3. The number of rotatable bonds is 5. The largest absolute Gasteiger partial charge is 0.513 e. The van der Waals surface area contributed by atoms with Gasteiger partial charge in [0.2, 0.25) is 0 Å². The molecular weight excluding hydrogens is 361 g/mol. The van der Waals surface area contributed by atoms with Crippen LogP contribution >= 0.6 is 0 Å². The van der Waals surface area contributed by atoms with E-state index in [1.807, 2.05) is 26.8 Å². The fraction of sp³-hybridized carbons (Fsp3) is 0.350. The maximum Gasteiger partial charge on any atom is 0.513 e. The first-order valence-corrected chi connectivity index (χ1v) is 8.35. The molecule has 0 aliphatic rings. The van der Waals surface area contributed by atoms with Crippen LogP contribution in [0.4, 0.5) is 18.0 Å². The molecule has 2 aromatic rings. The molecule has 0 aromatic heterocycles. The molecule has 0 saturated carbocycles. The van der Waals surface area contributed by atoms with E-state index in [9.17, 15) is 18.0 Å². The van der Waals surface area contributed by atoms with Crippen molar-refractivity contribution in [1.29, 1.82) is 0 Å². The molecule has 0 fully saturated rings. The lowest BCUT2D eigenvalue weighted by Gasteiger charge is -2.18. The normalized spacial score (nSPS) is 11.2. The van der Waals surface area contributed by atoms with E-state index in [2.05, 4.69) is 4.74 Å². The smallest absolute Gasteiger partial charge is 0.488 e. The highest BCUT2D eigenvalue weighted by molar-refractivity contribution is 5.64. The third-order valence-electron chi connectivity index (χ3n) is 4.18. The van der Waals surface area contributed by atoms with Crippen LogP contribution in [0.25, 0.3) is 0 Å². The van der Waals surface area contributed by atoms with E-state index >= 15 is 0 Å². The number of hydrogen-bond donors (Lipinski definition) is 0. The topological polar surface area (TPSA) is 44.8 Å². The number of carbonyl (C=O) groups is 1. The molecule has 2 aromatic carbocycles. The van der Waals surface area contributed by atoms with Gasteiger partial charge >= 0.3 is 12.3 Å². The van der Waals surface area contributed by atoms with Crippen molar-refractivity contribution in [2.45, 2.75) is 40.0 Å². The highest BCUT2D eigenvalue weighted by Gasteiger charge is 2.35. The lowest BCUT2D eigenvalue weighted by Crippen LogP contribution is -2.15. The molecule has 146 valence electrons. The van der Waals surface area contributed by atoms with Gasteiger partial charge in [0.05, 0.1) is 12.7 Å². The molecule has 2 rings (SSSR count). The van der Waals surface area contributed by atoms with Crippen molar-refractivity contribution in [3.8, 4) is 11.5 Å².